The van der Waals surface area contributed by atoms with Crippen LogP contribution in [0.3, 0.4) is 0 Å². The molecule has 4 amide bonds. The predicted octanol–water partition coefficient (Wildman–Crippen LogP) is 6.23. The zero-order valence-electron chi connectivity index (χ0n) is 31.1. The summed E-state index contributed by atoms with van der Waals surface area (Å²) in [5.41, 5.74) is 5.75. The Morgan fingerprint density at radius 2 is 1.24 bits per heavy atom. The van der Waals surface area contributed by atoms with Gasteiger partial charge in [0, 0.05) is 20.1 Å². The summed E-state index contributed by atoms with van der Waals surface area (Å²) in [6, 6.07) is 14.7. The lowest BCUT2D eigenvalue weighted by Crippen LogP contribution is -2.51. The van der Waals surface area contributed by atoms with Crippen molar-refractivity contribution in [2.24, 2.45) is 11.8 Å². The van der Waals surface area contributed by atoms with E-state index in [1.165, 1.54) is 14.2 Å². The summed E-state index contributed by atoms with van der Waals surface area (Å²) in [5.74, 6) is 1.13. The number of ether oxygens (including phenoxy) is 1. The molecule has 2 saturated heterocycles. The van der Waals surface area contributed by atoms with Gasteiger partial charge in [-0.05, 0) is 72.6 Å². The minimum absolute atomic E-state index is 0.0819. The first-order valence-electron chi connectivity index (χ1n) is 18.8. The lowest BCUT2D eigenvalue weighted by Gasteiger charge is -2.33. The molecule has 0 unspecified atom stereocenters. The molecule has 54 heavy (non-hydrogen) atoms. The Balaban J connectivity index is 1.00. The quantitative estimate of drug-likeness (QED) is 0.140. The van der Waals surface area contributed by atoms with Crippen LogP contribution in [0.1, 0.15) is 76.1 Å². The van der Waals surface area contributed by atoms with Crippen LogP contribution in [-0.4, -0.2) is 103 Å². The van der Waals surface area contributed by atoms with Crippen LogP contribution in [0.25, 0.3) is 33.6 Å². The van der Waals surface area contributed by atoms with Gasteiger partial charge in [0.15, 0.2) is 0 Å². The molecule has 0 spiro atoms. The van der Waals surface area contributed by atoms with Crippen LogP contribution >= 0.6 is 0 Å². The molecule has 7 rings (SSSR count). The number of H-pyrrole nitrogens is 2. The Morgan fingerprint density at radius 1 is 0.778 bits per heavy atom. The van der Waals surface area contributed by atoms with Gasteiger partial charge < -0.3 is 34.9 Å². The van der Waals surface area contributed by atoms with E-state index in [2.05, 4.69) is 61.7 Å². The molecule has 3 aliphatic rings. The Kier molecular flexibility index (Phi) is 10.4. The van der Waals surface area contributed by atoms with Crippen molar-refractivity contribution in [3.05, 3.63) is 72.6 Å². The molecule has 4 heterocycles. The van der Waals surface area contributed by atoms with Crippen molar-refractivity contribution in [3.8, 4) is 33.6 Å². The maximum absolute atomic E-state index is 13.6. The van der Waals surface area contributed by atoms with Crippen molar-refractivity contribution in [2.45, 2.75) is 76.5 Å². The Morgan fingerprint density at radius 3 is 1.67 bits per heavy atom. The van der Waals surface area contributed by atoms with E-state index in [-0.39, 0.29) is 35.7 Å². The van der Waals surface area contributed by atoms with Crippen LogP contribution in [-0.2, 0) is 14.3 Å². The molecule has 2 aromatic heterocycles. The number of likely N-dealkylation sites (N-methyl/N-ethyl adjacent to an activating group) is 1. The lowest BCUT2D eigenvalue weighted by molar-refractivity contribution is -0.138. The van der Waals surface area contributed by atoms with Crippen molar-refractivity contribution >= 4 is 24.0 Å². The second-order valence-corrected chi connectivity index (χ2v) is 14.9. The van der Waals surface area contributed by atoms with Crippen molar-refractivity contribution in [1.29, 1.82) is 0 Å². The van der Waals surface area contributed by atoms with E-state index in [1.807, 2.05) is 37.1 Å². The number of nitrogens with zero attached hydrogens (tertiary/aromatic N) is 5. The number of carboxylic acid groups (broad SMARTS) is 1. The van der Waals surface area contributed by atoms with Crippen molar-refractivity contribution in [2.75, 3.05) is 27.2 Å². The Labute approximate surface area is 314 Å². The van der Waals surface area contributed by atoms with E-state index in [4.69, 9.17) is 4.74 Å². The Hall–Kier alpha value is -5.66. The second kappa shape index (κ2) is 15.4. The van der Waals surface area contributed by atoms with Gasteiger partial charge in [0.05, 0.1) is 43.0 Å². The van der Waals surface area contributed by atoms with E-state index in [0.29, 0.717) is 18.9 Å². The maximum Gasteiger partial charge on any atom is 0.407 e. The highest BCUT2D eigenvalue weighted by molar-refractivity contribution is 5.87. The third-order valence-corrected chi connectivity index (χ3v) is 11.0. The van der Waals surface area contributed by atoms with Gasteiger partial charge in [-0.15, -0.1) is 0 Å². The minimum Gasteiger partial charge on any atom is -0.465 e. The number of hydrogen-bond acceptors (Lipinski definition) is 7. The normalized spacial score (nSPS) is 19.5. The molecule has 2 aromatic carbocycles. The molecular weight excluding hydrogens is 688 g/mol. The molecule has 0 radical (unpaired) electrons. The zero-order chi connectivity index (χ0) is 38.1. The van der Waals surface area contributed by atoms with E-state index in [9.17, 15) is 24.3 Å². The van der Waals surface area contributed by atoms with E-state index >= 15 is 0 Å². The summed E-state index contributed by atoms with van der Waals surface area (Å²) < 4.78 is 4.78. The van der Waals surface area contributed by atoms with Crippen LogP contribution in [0.2, 0.25) is 0 Å². The summed E-state index contributed by atoms with van der Waals surface area (Å²) in [6.07, 6.45) is 6.95. The highest BCUT2D eigenvalue weighted by Gasteiger charge is 2.43. The number of methoxy groups -OCH3 is 1. The number of nitrogens with one attached hydrogen (secondary N) is 3. The standard InChI is InChI=1S/C40H48N8O6/c1-23(2)34(46(3)40(52)53)38(50)48-20-6-8-32(48)36-42-22-30(44-36)27-15-11-25(12-16-27)24-9-13-26(14-10-24)29-21-41-35(43-29)31-7-5-19-47(31)37(49)33(28-17-18-28)45-39(51)54-4/h9-16,21-23,28,31-34H,5-8,17-20H2,1-4H3,(H,41,43)(H,42,44)(H,45,51)(H,52,53)/t31-,32-,33-,34-/m0/s1. The first kappa shape index (κ1) is 36.7. The monoisotopic (exact) mass is 736 g/mol. The number of aromatic nitrogens is 4. The fraction of sp³-hybridized carbons (Fsp3) is 0.450. The third-order valence-electron chi connectivity index (χ3n) is 11.0. The average Bonchev–Trinajstić information content (AvgIpc) is 3.65. The van der Waals surface area contributed by atoms with Gasteiger partial charge in [0.25, 0.3) is 0 Å². The molecule has 1 aliphatic carbocycles. The lowest BCUT2D eigenvalue weighted by atomic mass is 10.0. The van der Waals surface area contributed by atoms with Crippen molar-refractivity contribution in [3.63, 3.8) is 0 Å². The van der Waals surface area contributed by atoms with Crippen molar-refractivity contribution < 1.29 is 29.0 Å². The van der Waals surface area contributed by atoms with Gasteiger partial charge in [0.2, 0.25) is 11.8 Å². The van der Waals surface area contributed by atoms with E-state index in [1.54, 1.807) is 11.1 Å². The molecule has 3 fully saturated rings. The number of likely N-dealkylation sites (tertiary alicyclic amines) is 2. The first-order valence-corrected chi connectivity index (χ1v) is 18.8. The van der Waals surface area contributed by atoms with Crippen LogP contribution in [0.15, 0.2) is 60.9 Å². The molecule has 4 N–H and O–H groups in total. The summed E-state index contributed by atoms with van der Waals surface area (Å²) in [4.78, 5) is 71.7. The summed E-state index contributed by atoms with van der Waals surface area (Å²) in [5, 5.41) is 12.3. The summed E-state index contributed by atoms with van der Waals surface area (Å²) in [6.45, 7) is 4.90. The van der Waals surface area contributed by atoms with E-state index in [0.717, 1.165) is 82.9 Å². The van der Waals surface area contributed by atoms with Gasteiger partial charge in [-0.25, -0.2) is 19.6 Å². The van der Waals surface area contributed by atoms with Crippen LogP contribution in [0.5, 0.6) is 0 Å². The second-order valence-electron chi connectivity index (χ2n) is 14.9. The van der Waals surface area contributed by atoms with Gasteiger partial charge in [-0.2, -0.15) is 0 Å². The SMILES string of the molecule is COC(=O)N[C@H](C(=O)N1CCC[C@H]1c1ncc(-c2ccc(-c3ccc(-c4cnc([C@@H]5CCCN5C(=O)[C@H](C(C)C)N(C)C(=O)O)[nH]4)cc3)cc2)[nH]1)C1CC1. The van der Waals surface area contributed by atoms with Gasteiger partial charge in [-0.1, -0.05) is 62.4 Å². The number of benzene rings is 2. The van der Waals surface area contributed by atoms with Gasteiger partial charge in [0.1, 0.15) is 23.7 Å². The highest BCUT2D eigenvalue weighted by Crippen LogP contribution is 2.38. The number of carbonyl (C=O) groups is 4. The number of hydrogen-bond donors (Lipinski definition) is 4. The van der Waals surface area contributed by atoms with Crippen LogP contribution < -0.4 is 5.32 Å². The fourth-order valence-electron chi connectivity index (χ4n) is 7.98. The van der Waals surface area contributed by atoms with Crippen LogP contribution in [0.4, 0.5) is 9.59 Å². The fourth-order valence-corrected chi connectivity index (χ4v) is 7.98. The maximum atomic E-state index is 13.6. The highest BCUT2D eigenvalue weighted by atomic mass is 16.5. The number of alkyl carbamates (subject to hydrolysis) is 1. The number of aromatic amines is 2. The van der Waals surface area contributed by atoms with E-state index < -0.39 is 24.3 Å². The predicted molar refractivity (Wildman–Crippen MR) is 201 cm³/mol. The van der Waals surface area contributed by atoms with Crippen molar-refractivity contribution in [1.82, 2.24) is 40.0 Å². The molecule has 4 atom stereocenters. The number of imidazole rings is 2. The molecule has 1 saturated carbocycles. The number of rotatable bonds is 11. The molecular formula is C40H48N8O6. The first-order chi connectivity index (χ1) is 26.0. The van der Waals surface area contributed by atoms with Gasteiger partial charge in [-0.3, -0.25) is 14.5 Å². The minimum atomic E-state index is -1.12. The largest absolute Gasteiger partial charge is 0.465 e. The molecule has 4 aromatic rings. The van der Waals surface area contributed by atoms with Crippen LogP contribution in [0, 0.1) is 11.8 Å². The summed E-state index contributed by atoms with van der Waals surface area (Å²) in [7, 11) is 2.75. The third kappa shape index (κ3) is 7.42. The number of carbonyl (C=O) groups excluding carboxylic acids is 3. The van der Waals surface area contributed by atoms with Gasteiger partial charge >= 0.3 is 12.2 Å². The summed E-state index contributed by atoms with van der Waals surface area (Å²) >= 11 is 0. The average molecular weight is 737 g/mol. The molecule has 2 aliphatic heterocycles. The zero-order valence-corrected chi connectivity index (χ0v) is 31.1. The number of amides is 4. The molecule has 14 nitrogen and oxygen atoms in total. The molecule has 284 valence electrons. The topological polar surface area (TPSA) is 177 Å². The molecule has 14 heteroatoms. The smallest absolute Gasteiger partial charge is 0.407 e. The Bertz CT molecular complexity index is 1990. The molecule has 0 bridgehead atoms.